The number of carboxylic acid groups (broad SMARTS) is 1. The molecule has 0 fully saturated rings. The highest BCUT2D eigenvalue weighted by Crippen LogP contribution is 2.44. The molecule has 0 bridgehead atoms. The number of alkyl carbamates (subject to hydrolysis) is 1. The average Bonchev–Trinajstić information content (AvgIpc) is 3.55. The molecule has 0 spiro atoms. The summed E-state index contributed by atoms with van der Waals surface area (Å²) in [5.41, 5.74) is 8.91. The Labute approximate surface area is 341 Å². The average molecular weight is 818 g/mol. The maximum atomic E-state index is 12.6. The molecule has 0 radical (unpaired) electrons. The van der Waals surface area contributed by atoms with Gasteiger partial charge in [0.1, 0.15) is 12.6 Å². The first kappa shape index (κ1) is 48.2. The fraction of sp³-hybridized carbons (Fsp3) is 0.619. The molecule has 3 amide bonds. The summed E-state index contributed by atoms with van der Waals surface area (Å²) < 4.78 is 37.9. The number of aliphatic hydroxyl groups excluding tert-OH is 1. The Balaban J connectivity index is 1.07. The second-order valence-electron chi connectivity index (χ2n) is 13.6. The third kappa shape index (κ3) is 20.5. The number of amides is 3. The van der Waals surface area contributed by atoms with Crippen LogP contribution in [0.25, 0.3) is 11.1 Å². The van der Waals surface area contributed by atoms with Crippen LogP contribution in [0.3, 0.4) is 0 Å². The van der Waals surface area contributed by atoms with Crippen LogP contribution in [0.4, 0.5) is 4.79 Å². The molecule has 3 rings (SSSR count). The van der Waals surface area contributed by atoms with Crippen LogP contribution < -0.4 is 16.2 Å². The zero-order chi connectivity index (χ0) is 41.5. The van der Waals surface area contributed by atoms with Gasteiger partial charge in [0.2, 0.25) is 11.8 Å². The molecular formula is C42H63N3O13. The topological polar surface area (TPSA) is 209 Å². The van der Waals surface area contributed by atoms with Crippen molar-refractivity contribution in [1.29, 1.82) is 0 Å². The first-order valence-electron chi connectivity index (χ1n) is 20.4. The van der Waals surface area contributed by atoms with Crippen LogP contribution in [-0.4, -0.2) is 133 Å². The maximum Gasteiger partial charge on any atom is 0.407 e. The predicted molar refractivity (Wildman–Crippen MR) is 214 cm³/mol. The van der Waals surface area contributed by atoms with Gasteiger partial charge in [-0.3, -0.25) is 20.4 Å². The Morgan fingerprint density at radius 2 is 0.983 bits per heavy atom. The van der Waals surface area contributed by atoms with Gasteiger partial charge in [0, 0.05) is 25.4 Å². The quantitative estimate of drug-likeness (QED) is 0.0498. The smallest absolute Gasteiger partial charge is 0.407 e. The summed E-state index contributed by atoms with van der Waals surface area (Å²) in [6, 6.07) is 14.4. The normalized spacial score (nSPS) is 12.4. The molecule has 1 aliphatic carbocycles. The van der Waals surface area contributed by atoms with Crippen LogP contribution >= 0.6 is 0 Å². The maximum absolute atomic E-state index is 12.6. The van der Waals surface area contributed by atoms with Crippen molar-refractivity contribution in [2.75, 3.05) is 92.5 Å². The van der Waals surface area contributed by atoms with Crippen LogP contribution in [0.15, 0.2) is 48.5 Å². The number of ether oxygens (including phenoxy) is 7. The fourth-order valence-corrected chi connectivity index (χ4v) is 6.22. The van der Waals surface area contributed by atoms with Gasteiger partial charge in [0.15, 0.2) is 0 Å². The highest BCUT2D eigenvalue weighted by atomic mass is 16.6. The number of carbonyl (C=O) groups is 4. The van der Waals surface area contributed by atoms with Crippen molar-refractivity contribution >= 4 is 23.9 Å². The number of nitrogens with one attached hydrogen (secondary N) is 3. The number of aliphatic hydroxyl groups is 1. The molecule has 0 heterocycles. The molecule has 324 valence electrons. The Kier molecular flexibility index (Phi) is 25.6. The van der Waals surface area contributed by atoms with Gasteiger partial charge >= 0.3 is 12.1 Å². The lowest BCUT2D eigenvalue weighted by Crippen LogP contribution is -2.44. The van der Waals surface area contributed by atoms with Crippen LogP contribution in [-0.2, 0) is 47.5 Å². The summed E-state index contributed by atoms with van der Waals surface area (Å²) in [6.07, 6.45) is 5.76. The van der Waals surface area contributed by atoms with E-state index in [-0.39, 0.29) is 44.3 Å². The lowest BCUT2D eigenvalue weighted by Gasteiger charge is -2.17. The molecule has 0 aliphatic heterocycles. The molecule has 1 aliphatic rings. The first-order chi connectivity index (χ1) is 28.4. The van der Waals surface area contributed by atoms with Gasteiger partial charge in [0.25, 0.3) is 0 Å². The van der Waals surface area contributed by atoms with Gasteiger partial charge in [-0.25, -0.2) is 9.59 Å². The Morgan fingerprint density at radius 3 is 1.48 bits per heavy atom. The van der Waals surface area contributed by atoms with E-state index in [4.69, 9.17) is 38.3 Å². The van der Waals surface area contributed by atoms with E-state index in [0.29, 0.717) is 85.7 Å². The van der Waals surface area contributed by atoms with Crippen molar-refractivity contribution in [3.8, 4) is 11.1 Å². The number of fused-ring (bicyclic) bond motifs is 3. The van der Waals surface area contributed by atoms with Gasteiger partial charge in [-0.15, -0.1) is 0 Å². The summed E-state index contributed by atoms with van der Waals surface area (Å²) >= 11 is 0. The van der Waals surface area contributed by atoms with E-state index < -0.39 is 24.0 Å². The summed E-state index contributed by atoms with van der Waals surface area (Å²) in [5.74, 6) is -2.36. The molecule has 0 unspecified atom stereocenters. The zero-order valence-corrected chi connectivity index (χ0v) is 33.6. The van der Waals surface area contributed by atoms with Crippen LogP contribution in [0.5, 0.6) is 0 Å². The summed E-state index contributed by atoms with van der Waals surface area (Å²) in [5, 5.41) is 20.6. The number of aliphatic carboxylic acids is 1. The molecule has 1 atom stereocenters. The van der Waals surface area contributed by atoms with E-state index in [0.717, 1.165) is 60.8 Å². The molecule has 0 saturated heterocycles. The van der Waals surface area contributed by atoms with Crippen molar-refractivity contribution in [3.05, 3.63) is 59.7 Å². The van der Waals surface area contributed by atoms with Crippen molar-refractivity contribution in [2.24, 2.45) is 0 Å². The third-order valence-corrected chi connectivity index (χ3v) is 9.22. The van der Waals surface area contributed by atoms with Crippen LogP contribution in [0, 0.1) is 0 Å². The summed E-state index contributed by atoms with van der Waals surface area (Å²) in [4.78, 5) is 48.8. The minimum absolute atomic E-state index is 0.0123. The highest BCUT2D eigenvalue weighted by Gasteiger charge is 2.30. The Bertz CT molecular complexity index is 1420. The van der Waals surface area contributed by atoms with E-state index in [9.17, 15) is 24.3 Å². The second-order valence-corrected chi connectivity index (χ2v) is 13.6. The van der Waals surface area contributed by atoms with Crippen molar-refractivity contribution in [2.45, 2.75) is 76.2 Å². The van der Waals surface area contributed by atoms with E-state index in [1.54, 1.807) is 0 Å². The number of unbranched alkanes of at least 4 members (excludes halogenated alkanes) is 6. The van der Waals surface area contributed by atoms with Crippen molar-refractivity contribution in [1.82, 2.24) is 16.2 Å². The number of carboxylic acids is 1. The molecule has 0 aromatic heterocycles. The zero-order valence-electron chi connectivity index (χ0n) is 33.6. The second kappa shape index (κ2) is 30.9. The standard InChI is InChI=1S/C42H63N3O13/c46-19-21-53-23-25-55-27-29-57-31-30-56-28-26-54-24-22-52-20-11-5-3-1-2-4-6-16-39(47)44-45-40(48)18-17-38(41(49)50)43-42(51)58-32-37-35-14-9-7-12-33(35)34-13-8-10-15-36(34)37/h7-10,12-15,37-38,46H,1-6,11,16-32H2,(H,43,51)(H,44,47)(H,45,48)(H,49,50)/t38-/m0/s1. The predicted octanol–water partition coefficient (Wildman–Crippen LogP) is 4.12. The van der Waals surface area contributed by atoms with Gasteiger partial charge in [-0.05, 0) is 41.5 Å². The summed E-state index contributed by atoms with van der Waals surface area (Å²) in [7, 11) is 0. The number of carbonyl (C=O) groups excluding carboxylic acids is 3. The lowest BCUT2D eigenvalue weighted by atomic mass is 9.98. The van der Waals surface area contributed by atoms with E-state index in [2.05, 4.69) is 16.2 Å². The van der Waals surface area contributed by atoms with E-state index >= 15 is 0 Å². The highest BCUT2D eigenvalue weighted by molar-refractivity contribution is 5.84. The SMILES string of the molecule is O=C(CCCCCCCCCOCCOCCOCCOCCOCCOCCO)NNC(=O)CC[C@H](NC(=O)OCC1c2ccccc2-c2ccccc21)C(=O)O. The lowest BCUT2D eigenvalue weighted by molar-refractivity contribution is -0.139. The van der Waals surface area contributed by atoms with Gasteiger partial charge < -0.3 is 48.7 Å². The molecule has 2 aromatic carbocycles. The van der Waals surface area contributed by atoms with Gasteiger partial charge in [-0.2, -0.15) is 0 Å². The van der Waals surface area contributed by atoms with Crippen molar-refractivity contribution < 1.29 is 62.5 Å². The van der Waals surface area contributed by atoms with Gasteiger partial charge in [0.05, 0.1) is 79.3 Å². The van der Waals surface area contributed by atoms with Crippen molar-refractivity contribution in [3.63, 3.8) is 0 Å². The Morgan fingerprint density at radius 1 is 0.552 bits per heavy atom. The molecular weight excluding hydrogens is 754 g/mol. The largest absolute Gasteiger partial charge is 0.480 e. The monoisotopic (exact) mass is 817 g/mol. The van der Waals surface area contributed by atoms with E-state index in [1.165, 1.54) is 0 Å². The van der Waals surface area contributed by atoms with Gasteiger partial charge in [-0.1, -0.05) is 80.6 Å². The van der Waals surface area contributed by atoms with E-state index in [1.807, 2.05) is 48.5 Å². The number of rotatable bonds is 34. The number of benzene rings is 2. The first-order valence-corrected chi connectivity index (χ1v) is 20.4. The minimum atomic E-state index is -1.34. The Hall–Kier alpha value is -4.16. The summed E-state index contributed by atoms with van der Waals surface area (Å²) in [6.45, 7) is 6.00. The molecule has 2 aromatic rings. The minimum Gasteiger partial charge on any atom is -0.480 e. The molecule has 58 heavy (non-hydrogen) atoms. The number of hydrogen-bond acceptors (Lipinski definition) is 12. The number of hydrazine groups is 1. The molecule has 16 heteroatoms. The third-order valence-electron chi connectivity index (χ3n) is 9.22. The number of hydrogen-bond donors (Lipinski definition) is 5. The molecule has 16 nitrogen and oxygen atoms in total. The van der Waals surface area contributed by atoms with Crippen LogP contribution in [0.2, 0.25) is 0 Å². The van der Waals surface area contributed by atoms with Crippen LogP contribution in [0.1, 0.15) is 81.3 Å². The fourth-order valence-electron chi connectivity index (χ4n) is 6.22. The molecule has 0 saturated carbocycles. The molecule has 5 N–H and O–H groups in total.